The van der Waals surface area contributed by atoms with Crippen LogP contribution in [0.15, 0.2) is 6.33 Å². The van der Waals surface area contributed by atoms with E-state index >= 15 is 0 Å². The topological polar surface area (TPSA) is 52.8 Å². The first-order valence-corrected chi connectivity index (χ1v) is 8.06. The molecule has 0 unspecified atom stereocenters. The average molecular weight is 309 g/mol. The first-order chi connectivity index (χ1) is 10.2. The van der Waals surface area contributed by atoms with Crippen LogP contribution in [-0.2, 0) is 13.0 Å². The molecule has 2 heterocycles. The first-order valence-electron chi connectivity index (χ1n) is 7.53. The fourth-order valence-corrected chi connectivity index (χ4v) is 3.25. The third kappa shape index (κ3) is 2.71. The van der Waals surface area contributed by atoms with Gasteiger partial charge in [-0.3, -0.25) is 0 Å². The van der Waals surface area contributed by atoms with E-state index in [-0.39, 0.29) is 0 Å². The maximum atomic E-state index is 5.94. The molecule has 3 rings (SSSR count). The van der Waals surface area contributed by atoms with E-state index in [1.165, 1.54) is 25.7 Å². The molecule has 1 aliphatic rings. The summed E-state index contributed by atoms with van der Waals surface area (Å²) >= 11 is 5.94. The molecule has 0 aliphatic heterocycles. The van der Waals surface area contributed by atoms with E-state index < -0.39 is 0 Å². The van der Waals surface area contributed by atoms with Crippen molar-refractivity contribution in [2.45, 2.75) is 45.6 Å². The predicted molar refractivity (Wildman–Crippen MR) is 82.9 cm³/mol. The van der Waals surface area contributed by atoms with Crippen LogP contribution in [0.3, 0.4) is 0 Å². The van der Waals surface area contributed by atoms with Gasteiger partial charge in [-0.25, -0.2) is 9.97 Å². The van der Waals surface area contributed by atoms with Gasteiger partial charge in [0.2, 0.25) is 5.88 Å². The Hall–Kier alpha value is -1.36. The number of ether oxygens (including phenoxy) is 1. The van der Waals surface area contributed by atoms with Crippen LogP contribution in [0.4, 0.5) is 0 Å². The minimum atomic E-state index is 0.432. The van der Waals surface area contributed by atoms with E-state index in [9.17, 15) is 0 Å². The molecule has 1 fully saturated rings. The summed E-state index contributed by atoms with van der Waals surface area (Å²) in [6.45, 7) is 3.22. The molecule has 1 aliphatic carbocycles. The second-order valence-electron chi connectivity index (χ2n) is 5.86. The Labute approximate surface area is 129 Å². The van der Waals surface area contributed by atoms with Crippen LogP contribution in [0, 0.1) is 5.41 Å². The minimum absolute atomic E-state index is 0.432. The van der Waals surface area contributed by atoms with Gasteiger partial charge in [0, 0.05) is 18.8 Å². The molecule has 0 amide bonds. The molecule has 6 heteroatoms. The molecule has 0 spiro atoms. The van der Waals surface area contributed by atoms with Crippen molar-refractivity contribution in [2.75, 3.05) is 13.0 Å². The summed E-state index contributed by atoms with van der Waals surface area (Å²) in [7, 11) is 1.61. The average Bonchev–Trinajstić information content (AvgIpc) is 3.16. The number of imidazole rings is 1. The Morgan fingerprint density at radius 1 is 1.38 bits per heavy atom. The highest BCUT2D eigenvalue weighted by atomic mass is 35.5. The lowest BCUT2D eigenvalue weighted by molar-refractivity contribution is 0.386. The maximum absolute atomic E-state index is 5.94. The van der Waals surface area contributed by atoms with Crippen molar-refractivity contribution in [1.82, 2.24) is 19.5 Å². The van der Waals surface area contributed by atoms with Crippen molar-refractivity contribution < 1.29 is 4.74 Å². The number of hydrogen-bond donors (Lipinski definition) is 0. The van der Waals surface area contributed by atoms with Gasteiger partial charge in [-0.2, -0.15) is 4.98 Å². The highest BCUT2D eigenvalue weighted by Gasteiger charge is 2.42. The molecule has 2 aromatic heterocycles. The number of fused-ring (bicyclic) bond motifs is 1. The maximum Gasteiger partial charge on any atom is 0.245 e. The summed E-state index contributed by atoms with van der Waals surface area (Å²) in [5.74, 6) is 2.08. The SMILES string of the molecule is CCCC1(Cn2c(CCCl)nc3c(OC)ncnc32)CC1. The summed E-state index contributed by atoms with van der Waals surface area (Å²) < 4.78 is 7.53. The molecule has 114 valence electrons. The normalized spacial score (nSPS) is 16.3. The molecule has 1 saturated carbocycles. The van der Waals surface area contributed by atoms with Gasteiger partial charge >= 0.3 is 0 Å². The lowest BCUT2D eigenvalue weighted by Gasteiger charge is -2.17. The van der Waals surface area contributed by atoms with Crippen LogP contribution >= 0.6 is 11.6 Å². The highest BCUT2D eigenvalue weighted by Crippen LogP contribution is 2.51. The third-order valence-electron chi connectivity index (χ3n) is 4.32. The van der Waals surface area contributed by atoms with E-state index in [4.69, 9.17) is 16.3 Å². The summed E-state index contributed by atoms with van der Waals surface area (Å²) in [5, 5.41) is 0. The molecule has 21 heavy (non-hydrogen) atoms. The first kappa shape index (κ1) is 14.6. The molecule has 0 radical (unpaired) electrons. The van der Waals surface area contributed by atoms with Gasteiger partial charge in [0.15, 0.2) is 11.2 Å². The monoisotopic (exact) mass is 308 g/mol. The zero-order chi connectivity index (χ0) is 14.9. The van der Waals surface area contributed by atoms with E-state index in [1.54, 1.807) is 13.4 Å². The molecule has 5 nitrogen and oxygen atoms in total. The van der Waals surface area contributed by atoms with Crippen LogP contribution in [0.2, 0.25) is 0 Å². The molecule has 0 N–H and O–H groups in total. The fraction of sp³-hybridized carbons (Fsp3) is 0.667. The standard InChI is InChI=1S/C15H21ClN4O/c1-3-5-15(6-7-15)9-20-11(4-8-16)19-12-13(20)17-10-18-14(12)21-2/h10H,3-9H2,1-2H3. The van der Waals surface area contributed by atoms with Crippen molar-refractivity contribution in [2.24, 2.45) is 5.41 Å². The van der Waals surface area contributed by atoms with Gasteiger partial charge < -0.3 is 9.30 Å². The molecule has 0 atom stereocenters. The number of aromatic nitrogens is 4. The number of halogens is 1. The van der Waals surface area contributed by atoms with Gasteiger partial charge in [0.1, 0.15) is 12.2 Å². The van der Waals surface area contributed by atoms with Gasteiger partial charge in [-0.1, -0.05) is 13.3 Å². The van der Waals surface area contributed by atoms with Gasteiger partial charge in [-0.05, 0) is 24.7 Å². The lowest BCUT2D eigenvalue weighted by atomic mass is 10.0. The number of hydrogen-bond acceptors (Lipinski definition) is 4. The second-order valence-corrected chi connectivity index (χ2v) is 6.24. The van der Waals surface area contributed by atoms with Crippen LogP contribution in [0.1, 0.15) is 38.4 Å². The van der Waals surface area contributed by atoms with E-state index in [0.29, 0.717) is 17.2 Å². The summed E-state index contributed by atoms with van der Waals surface area (Å²) in [5.41, 5.74) is 2.04. The third-order valence-corrected chi connectivity index (χ3v) is 4.51. The van der Waals surface area contributed by atoms with Crippen LogP contribution < -0.4 is 4.74 Å². The van der Waals surface area contributed by atoms with E-state index in [2.05, 4.69) is 26.4 Å². The van der Waals surface area contributed by atoms with Crippen molar-refractivity contribution in [3.05, 3.63) is 12.2 Å². The Bertz CT molecular complexity index is 636. The lowest BCUT2D eigenvalue weighted by Crippen LogP contribution is -2.15. The van der Waals surface area contributed by atoms with Gasteiger partial charge in [-0.15, -0.1) is 11.6 Å². The smallest absolute Gasteiger partial charge is 0.245 e. The van der Waals surface area contributed by atoms with Crippen molar-refractivity contribution in [3.8, 4) is 5.88 Å². The fourth-order valence-electron chi connectivity index (χ4n) is 3.08. The Morgan fingerprint density at radius 2 is 2.19 bits per heavy atom. The Kier molecular flexibility index (Phi) is 4.02. The van der Waals surface area contributed by atoms with Crippen molar-refractivity contribution in [1.29, 1.82) is 0 Å². The van der Waals surface area contributed by atoms with Crippen molar-refractivity contribution in [3.63, 3.8) is 0 Å². The quantitative estimate of drug-likeness (QED) is 0.737. The predicted octanol–water partition coefficient (Wildman–Crippen LogP) is 3.20. The zero-order valence-corrected chi connectivity index (χ0v) is 13.4. The summed E-state index contributed by atoms with van der Waals surface area (Å²) in [6.07, 6.45) is 7.35. The second kappa shape index (κ2) is 5.79. The molecule has 2 aromatic rings. The largest absolute Gasteiger partial charge is 0.479 e. The molecular weight excluding hydrogens is 288 g/mol. The minimum Gasteiger partial charge on any atom is -0.479 e. The van der Waals surface area contributed by atoms with E-state index in [1.807, 2.05) is 0 Å². The number of nitrogens with zero attached hydrogens (tertiary/aromatic N) is 4. The molecule has 0 bridgehead atoms. The molecule has 0 aromatic carbocycles. The molecule has 0 saturated heterocycles. The Morgan fingerprint density at radius 3 is 2.81 bits per heavy atom. The van der Waals surface area contributed by atoms with E-state index in [0.717, 1.165) is 30.0 Å². The van der Waals surface area contributed by atoms with Crippen molar-refractivity contribution >= 4 is 22.8 Å². The van der Waals surface area contributed by atoms with Crippen LogP contribution in [-0.4, -0.2) is 32.5 Å². The Balaban J connectivity index is 2.04. The van der Waals surface area contributed by atoms with Crippen LogP contribution in [0.5, 0.6) is 5.88 Å². The highest BCUT2D eigenvalue weighted by molar-refractivity contribution is 6.17. The number of aryl methyl sites for hydroxylation is 1. The number of methoxy groups -OCH3 is 1. The van der Waals surface area contributed by atoms with Crippen LogP contribution in [0.25, 0.3) is 11.2 Å². The molecular formula is C15H21ClN4O. The zero-order valence-electron chi connectivity index (χ0n) is 12.6. The van der Waals surface area contributed by atoms with Gasteiger partial charge in [0.25, 0.3) is 0 Å². The summed E-state index contributed by atoms with van der Waals surface area (Å²) in [6, 6.07) is 0. The van der Waals surface area contributed by atoms with Gasteiger partial charge in [0.05, 0.1) is 7.11 Å². The summed E-state index contributed by atoms with van der Waals surface area (Å²) in [4.78, 5) is 13.3. The number of rotatable bonds is 7. The number of alkyl halides is 1.